The van der Waals surface area contributed by atoms with Gasteiger partial charge < -0.3 is 15.3 Å². The number of likely N-dealkylation sites (N-methyl/N-ethyl adjacent to an activating group) is 1. The molecule has 0 aliphatic heterocycles. The second-order valence-corrected chi connectivity index (χ2v) is 5.52. The quantitative estimate of drug-likeness (QED) is 0.786. The molecule has 0 aliphatic rings. The van der Waals surface area contributed by atoms with Gasteiger partial charge in [-0.25, -0.2) is 9.59 Å². The van der Waals surface area contributed by atoms with Crippen molar-refractivity contribution in [3.8, 4) is 12.3 Å². The van der Waals surface area contributed by atoms with E-state index in [2.05, 4.69) is 11.2 Å². The van der Waals surface area contributed by atoms with Crippen molar-refractivity contribution in [3.63, 3.8) is 0 Å². The maximum Gasteiger partial charge on any atom is 0.327 e. The number of hydrogen-bond acceptors (Lipinski definition) is 3. The van der Waals surface area contributed by atoms with Crippen molar-refractivity contribution in [1.29, 1.82) is 0 Å². The highest BCUT2D eigenvalue weighted by molar-refractivity contribution is 7.09. The molecule has 20 heavy (non-hydrogen) atoms. The summed E-state index contributed by atoms with van der Waals surface area (Å²) in [6.07, 6.45) is 5.79. The van der Waals surface area contributed by atoms with Gasteiger partial charge in [0.25, 0.3) is 0 Å². The molecule has 6 heteroatoms. The third-order valence-electron chi connectivity index (χ3n) is 2.98. The van der Waals surface area contributed by atoms with Crippen LogP contribution in [0, 0.1) is 12.3 Å². The molecule has 0 aliphatic carbocycles. The number of hydrogen-bond donors (Lipinski definition) is 2. The molecule has 2 unspecified atom stereocenters. The van der Waals surface area contributed by atoms with Crippen LogP contribution < -0.4 is 5.32 Å². The molecular weight excluding hydrogens is 276 g/mol. The lowest BCUT2D eigenvalue weighted by molar-refractivity contribution is -0.139. The van der Waals surface area contributed by atoms with Crippen molar-refractivity contribution in [2.45, 2.75) is 31.8 Å². The number of terminal acetylenes is 1. The van der Waals surface area contributed by atoms with Gasteiger partial charge in [0.1, 0.15) is 6.04 Å². The van der Waals surface area contributed by atoms with Crippen LogP contribution in [0.2, 0.25) is 0 Å². The van der Waals surface area contributed by atoms with Crippen LogP contribution in [0.4, 0.5) is 4.79 Å². The molecular formula is C14H18N2O3S. The summed E-state index contributed by atoms with van der Waals surface area (Å²) < 4.78 is 0. The first kappa shape index (κ1) is 16.1. The van der Waals surface area contributed by atoms with Crippen LogP contribution >= 0.6 is 11.3 Å². The van der Waals surface area contributed by atoms with E-state index < -0.39 is 18.0 Å². The van der Waals surface area contributed by atoms with Gasteiger partial charge in [-0.2, -0.15) is 0 Å². The number of thiophene rings is 1. The maximum absolute atomic E-state index is 12.0. The Morgan fingerprint density at radius 2 is 2.30 bits per heavy atom. The van der Waals surface area contributed by atoms with Gasteiger partial charge in [-0.3, -0.25) is 0 Å². The van der Waals surface area contributed by atoms with E-state index in [1.807, 2.05) is 24.4 Å². The molecule has 1 rings (SSSR count). The highest BCUT2D eigenvalue weighted by atomic mass is 32.1. The third kappa shape index (κ3) is 4.59. The highest BCUT2D eigenvalue weighted by Crippen LogP contribution is 2.13. The summed E-state index contributed by atoms with van der Waals surface area (Å²) >= 11 is 1.63. The normalized spacial score (nSPS) is 13.1. The molecule has 108 valence electrons. The number of nitrogens with zero attached hydrogens (tertiary/aromatic N) is 1. The highest BCUT2D eigenvalue weighted by Gasteiger charge is 2.23. The van der Waals surface area contributed by atoms with Crippen LogP contribution in [0.25, 0.3) is 0 Å². The van der Waals surface area contributed by atoms with E-state index in [-0.39, 0.29) is 12.5 Å². The van der Waals surface area contributed by atoms with Crippen molar-refractivity contribution in [2.24, 2.45) is 0 Å². The van der Waals surface area contributed by atoms with E-state index in [4.69, 9.17) is 11.5 Å². The zero-order chi connectivity index (χ0) is 15.1. The van der Waals surface area contributed by atoms with Crippen molar-refractivity contribution < 1.29 is 14.7 Å². The van der Waals surface area contributed by atoms with Gasteiger partial charge in [-0.15, -0.1) is 23.7 Å². The molecule has 1 heterocycles. The molecule has 0 spiro atoms. The van der Waals surface area contributed by atoms with Gasteiger partial charge in [-0.05, 0) is 18.4 Å². The summed E-state index contributed by atoms with van der Waals surface area (Å²) in [4.78, 5) is 25.6. The predicted molar refractivity (Wildman–Crippen MR) is 78.7 cm³/mol. The fourth-order valence-electron chi connectivity index (χ4n) is 1.63. The van der Waals surface area contributed by atoms with Crippen LogP contribution in [0.15, 0.2) is 17.5 Å². The topological polar surface area (TPSA) is 69.6 Å². The van der Waals surface area contributed by atoms with Crippen molar-refractivity contribution >= 4 is 23.3 Å². The average molecular weight is 294 g/mol. The van der Waals surface area contributed by atoms with Gasteiger partial charge in [0.05, 0.1) is 0 Å². The Labute approximate surface area is 122 Å². The van der Waals surface area contributed by atoms with E-state index in [1.165, 1.54) is 9.78 Å². The second-order valence-electron chi connectivity index (χ2n) is 4.49. The van der Waals surface area contributed by atoms with Gasteiger partial charge in [-0.1, -0.05) is 6.07 Å². The summed E-state index contributed by atoms with van der Waals surface area (Å²) in [6.45, 7) is 1.91. The summed E-state index contributed by atoms with van der Waals surface area (Å²) in [5, 5.41) is 13.4. The molecule has 0 bridgehead atoms. The summed E-state index contributed by atoms with van der Waals surface area (Å²) in [7, 11) is 1.64. The largest absolute Gasteiger partial charge is 0.480 e. The number of rotatable bonds is 6. The number of carboxylic acids is 1. The second kappa shape index (κ2) is 7.56. The van der Waals surface area contributed by atoms with Gasteiger partial charge in [0, 0.05) is 30.8 Å². The fraction of sp³-hybridized carbons (Fsp3) is 0.429. The molecule has 1 aromatic rings. The lowest BCUT2D eigenvalue weighted by Gasteiger charge is -2.26. The number of carbonyl (C=O) groups is 2. The third-order valence-corrected chi connectivity index (χ3v) is 3.87. The van der Waals surface area contributed by atoms with Crippen molar-refractivity contribution in [1.82, 2.24) is 10.2 Å². The molecule has 2 atom stereocenters. The number of amides is 2. The van der Waals surface area contributed by atoms with Crippen LogP contribution in [0.5, 0.6) is 0 Å². The Bertz CT molecular complexity index is 493. The van der Waals surface area contributed by atoms with Gasteiger partial charge in [0.15, 0.2) is 0 Å². The Hall–Kier alpha value is -2.00. The Morgan fingerprint density at radius 1 is 1.60 bits per heavy atom. The molecule has 2 amide bonds. The minimum absolute atomic E-state index is 0.0334. The van der Waals surface area contributed by atoms with E-state index >= 15 is 0 Å². The smallest absolute Gasteiger partial charge is 0.327 e. The number of urea groups is 1. The Morgan fingerprint density at radius 3 is 2.80 bits per heavy atom. The lowest BCUT2D eigenvalue weighted by Crippen LogP contribution is -2.49. The number of aliphatic carboxylic acids is 1. The van der Waals surface area contributed by atoms with Crippen molar-refractivity contribution in [2.75, 3.05) is 7.05 Å². The summed E-state index contributed by atoms with van der Waals surface area (Å²) in [5.74, 6) is 1.12. The molecule has 5 nitrogen and oxygen atoms in total. The standard InChI is InChI=1S/C14H18N2O3S/c1-4-6-12(13(17)18)15-14(19)16(3)10(2)9-11-7-5-8-20-11/h1,5,7-8,10,12H,6,9H2,2-3H3,(H,15,19)(H,17,18). The maximum atomic E-state index is 12.0. The van der Waals surface area contributed by atoms with Crippen molar-refractivity contribution in [3.05, 3.63) is 22.4 Å². The lowest BCUT2D eigenvalue weighted by atomic mass is 10.2. The predicted octanol–water partition coefficient (Wildman–Crippen LogP) is 1.80. The molecule has 2 N–H and O–H groups in total. The van der Waals surface area contributed by atoms with E-state index in [1.54, 1.807) is 18.4 Å². The van der Waals surface area contributed by atoms with E-state index in [0.29, 0.717) is 0 Å². The Balaban J connectivity index is 2.57. The molecule has 0 fully saturated rings. The average Bonchev–Trinajstić information content (AvgIpc) is 2.89. The molecule has 0 saturated heterocycles. The fourth-order valence-corrected chi connectivity index (χ4v) is 2.45. The first-order valence-electron chi connectivity index (χ1n) is 6.17. The molecule has 0 saturated carbocycles. The van der Waals surface area contributed by atoms with Crippen LogP contribution in [-0.2, 0) is 11.2 Å². The number of carboxylic acid groups (broad SMARTS) is 1. The summed E-state index contributed by atoms with van der Waals surface area (Å²) in [5.41, 5.74) is 0. The van der Waals surface area contributed by atoms with Crippen LogP contribution in [-0.4, -0.2) is 41.1 Å². The zero-order valence-electron chi connectivity index (χ0n) is 11.5. The van der Waals surface area contributed by atoms with Crippen LogP contribution in [0.1, 0.15) is 18.2 Å². The SMILES string of the molecule is C#CCC(NC(=O)N(C)C(C)Cc1cccs1)C(=O)O. The van der Waals surface area contributed by atoms with Gasteiger partial charge in [0.2, 0.25) is 0 Å². The van der Waals surface area contributed by atoms with E-state index in [9.17, 15) is 9.59 Å². The first-order valence-corrected chi connectivity index (χ1v) is 7.05. The minimum Gasteiger partial charge on any atom is -0.480 e. The van der Waals surface area contributed by atoms with E-state index in [0.717, 1.165) is 6.42 Å². The Kier molecular flexibility index (Phi) is 6.07. The number of carbonyl (C=O) groups excluding carboxylic acids is 1. The number of nitrogens with one attached hydrogen (secondary N) is 1. The zero-order valence-corrected chi connectivity index (χ0v) is 12.3. The minimum atomic E-state index is -1.13. The van der Waals surface area contributed by atoms with Gasteiger partial charge >= 0.3 is 12.0 Å². The monoisotopic (exact) mass is 294 g/mol. The molecule has 1 aromatic heterocycles. The summed E-state index contributed by atoms with van der Waals surface area (Å²) in [6, 6.07) is 2.44. The molecule has 0 radical (unpaired) electrons. The molecule has 0 aromatic carbocycles. The van der Waals surface area contributed by atoms with Crippen LogP contribution in [0.3, 0.4) is 0 Å². The first-order chi connectivity index (χ1) is 9.45.